The summed E-state index contributed by atoms with van der Waals surface area (Å²) in [6, 6.07) is 6.11. The lowest BCUT2D eigenvalue weighted by atomic mass is 10.1. The quantitative estimate of drug-likeness (QED) is 0.935. The molecule has 1 N–H and O–H groups in total. The van der Waals surface area contributed by atoms with E-state index in [0.717, 1.165) is 24.3 Å². The molecule has 0 aliphatic rings. The van der Waals surface area contributed by atoms with E-state index >= 15 is 0 Å². The van der Waals surface area contributed by atoms with Crippen LogP contribution in [0.25, 0.3) is 0 Å². The highest BCUT2D eigenvalue weighted by atomic mass is 19.1. The Morgan fingerprint density at radius 2 is 1.70 bits per heavy atom. The van der Waals surface area contributed by atoms with Gasteiger partial charge in [0, 0.05) is 18.2 Å². The Hall–Kier alpha value is -2.50. The number of benzene rings is 2. The second-order valence-corrected chi connectivity index (χ2v) is 4.01. The van der Waals surface area contributed by atoms with Crippen molar-refractivity contribution in [3.63, 3.8) is 0 Å². The third-order valence-electron chi connectivity index (χ3n) is 2.50. The normalized spacial score (nSPS) is 10.3. The summed E-state index contributed by atoms with van der Waals surface area (Å²) < 4.78 is 44.2. The maximum absolute atomic E-state index is 13.2. The minimum absolute atomic E-state index is 0.0382. The molecule has 0 bridgehead atoms. The second-order valence-electron chi connectivity index (χ2n) is 4.01. The number of aromatic carboxylic acids is 1. The van der Waals surface area contributed by atoms with Crippen LogP contribution in [-0.4, -0.2) is 11.1 Å². The van der Waals surface area contributed by atoms with Crippen molar-refractivity contribution in [2.24, 2.45) is 0 Å². The average molecular weight is 282 g/mol. The number of halogens is 3. The van der Waals surface area contributed by atoms with Crippen LogP contribution >= 0.6 is 0 Å². The summed E-state index contributed by atoms with van der Waals surface area (Å²) in [4.78, 5) is 10.8. The smallest absolute Gasteiger partial charge is 0.338 e. The fourth-order valence-corrected chi connectivity index (χ4v) is 1.60. The third kappa shape index (κ3) is 3.28. The van der Waals surface area contributed by atoms with E-state index in [2.05, 4.69) is 0 Å². The Kier molecular flexibility index (Phi) is 3.93. The molecule has 104 valence electrons. The number of carboxylic acid groups (broad SMARTS) is 1. The van der Waals surface area contributed by atoms with Crippen LogP contribution in [0, 0.1) is 17.5 Å². The largest absolute Gasteiger partial charge is 0.489 e. The summed E-state index contributed by atoms with van der Waals surface area (Å²) >= 11 is 0. The molecule has 2 aromatic rings. The summed E-state index contributed by atoms with van der Waals surface area (Å²) in [5.41, 5.74) is -0.120. The first-order chi connectivity index (χ1) is 9.45. The number of rotatable bonds is 4. The van der Waals surface area contributed by atoms with Gasteiger partial charge in [-0.3, -0.25) is 0 Å². The van der Waals surface area contributed by atoms with Gasteiger partial charge in [0.15, 0.2) is 0 Å². The molecule has 0 saturated heterocycles. The van der Waals surface area contributed by atoms with Crippen molar-refractivity contribution in [2.75, 3.05) is 0 Å². The van der Waals surface area contributed by atoms with Crippen molar-refractivity contribution < 1.29 is 27.8 Å². The van der Waals surface area contributed by atoms with Crippen molar-refractivity contribution in [3.05, 3.63) is 65.0 Å². The summed E-state index contributed by atoms with van der Waals surface area (Å²) in [7, 11) is 0. The summed E-state index contributed by atoms with van der Waals surface area (Å²) in [5.74, 6) is -3.88. The highest BCUT2D eigenvalue weighted by Crippen LogP contribution is 2.18. The first kappa shape index (κ1) is 13.9. The molecule has 6 heteroatoms. The minimum Gasteiger partial charge on any atom is -0.489 e. The van der Waals surface area contributed by atoms with E-state index < -0.39 is 29.0 Å². The average Bonchev–Trinajstić information content (AvgIpc) is 2.36. The number of carboxylic acids is 1. The standard InChI is InChI=1S/C14H9F3O3/c15-9-4-10(16)6-11(5-9)20-7-8-1-2-13(17)12(3-8)14(18)19/h1-6H,7H2,(H,18,19). The van der Waals surface area contributed by atoms with Crippen molar-refractivity contribution in [1.29, 1.82) is 0 Å². The molecular formula is C14H9F3O3. The molecule has 0 amide bonds. The Morgan fingerprint density at radius 1 is 1.05 bits per heavy atom. The lowest BCUT2D eigenvalue weighted by Crippen LogP contribution is -2.03. The SMILES string of the molecule is O=C(O)c1cc(COc2cc(F)cc(F)c2)ccc1F. The van der Waals surface area contributed by atoms with Crippen molar-refractivity contribution in [1.82, 2.24) is 0 Å². The fourth-order valence-electron chi connectivity index (χ4n) is 1.60. The molecule has 0 aromatic heterocycles. The van der Waals surface area contributed by atoms with Crippen molar-refractivity contribution >= 4 is 5.97 Å². The molecule has 0 radical (unpaired) electrons. The summed E-state index contributed by atoms with van der Waals surface area (Å²) in [5, 5.41) is 8.77. The van der Waals surface area contributed by atoms with Crippen LogP contribution in [0.1, 0.15) is 15.9 Å². The van der Waals surface area contributed by atoms with Crippen LogP contribution in [0.5, 0.6) is 5.75 Å². The van der Waals surface area contributed by atoms with Crippen molar-refractivity contribution in [2.45, 2.75) is 6.61 Å². The Labute approximate surface area is 112 Å². The van der Waals surface area contributed by atoms with Gasteiger partial charge in [0.2, 0.25) is 0 Å². The summed E-state index contributed by atoms with van der Waals surface area (Å²) in [6.45, 7) is -0.135. The molecule has 0 unspecified atom stereocenters. The zero-order valence-electron chi connectivity index (χ0n) is 10.1. The molecule has 0 spiro atoms. The van der Waals surface area contributed by atoms with Gasteiger partial charge < -0.3 is 9.84 Å². The van der Waals surface area contributed by atoms with Crippen LogP contribution in [0.15, 0.2) is 36.4 Å². The first-order valence-electron chi connectivity index (χ1n) is 5.56. The van der Waals surface area contributed by atoms with E-state index in [1.54, 1.807) is 0 Å². The van der Waals surface area contributed by atoms with Gasteiger partial charge in [-0.2, -0.15) is 0 Å². The summed E-state index contributed by atoms with van der Waals surface area (Å²) in [6.07, 6.45) is 0. The number of ether oxygens (including phenoxy) is 1. The fraction of sp³-hybridized carbons (Fsp3) is 0.0714. The Bertz CT molecular complexity index is 636. The highest BCUT2D eigenvalue weighted by Gasteiger charge is 2.11. The number of hydrogen-bond acceptors (Lipinski definition) is 2. The molecule has 2 rings (SSSR count). The zero-order chi connectivity index (χ0) is 14.7. The van der Waals surface area contributed by atoms with Gasteiger partial charge in [-0.25, -0.2) is 18.0 Å². The molecule has 0 aliphatic carbocycles. The van der Waals surface area contributed by atoms with Gasteiger partial charge >= 0.3 is 5.97 Å². The van der Waals surface area contributed by atoms with E-state index in [1.807, 2.05) is 0 Å². The maximum Gasteiger partial charge on any atom is 0.338 e. The predicted molar refractivity (Wildman–Crippen MR) is 64.0 cm³/mol. The predicted octanol–water partition coefficient (Wildman–Crippen LogP) is 3.38. The van der Waals surface area contributed by atoms with Crippen LogP contribution in [0.4, 0.5) is 13.2 Å². The number of carbonyl (C=O) groups is 1. The van der Waals surface area contributed by atoms with Crippen LogP contribution < -0.4 is 4.74 Å². The van der Waals surface area contributed by atoms with Gasteiger partial charge in [-0.1, -0.05) is 6.07 Å². The Balaban J connectivity index is 2.14. The number of hydrogen-bond donors (Lipinski definition) is 1. The van der Waals surface area contributed by atoms with E-state index in [9.17, 15) is 18.0 Å². The maximum atomic E-state index is 13.2. The molecule has 2 aromatic carbocycles. The molecule has 0 atom stereocenters. The minimum atomic E-state index is -1.40. The third-order valence-corrected chi connectivity index (χ3v) is 2.50. The van der Waals surface area contributed by atoms with E-state index in [-0.39, 0.29) is 12.4 Å². The molecule has 20 heavy (non-hydrogen) atoms. The van der Waals surface area contributed by atoms with Crippen molar-refractivity contribution in [3.8, 4) is 5.75 Å². The van der Waals surface area contributed by atoms with Gasteiger partial charge in [0.05, 0.1) is 5.56 Å². The molecular weight excluding hydrogens is 273 g/mol. The monoisotopic (exact) mass is 282 g/mol. The van der Waals surface area contributed by atoms with Gasteiger partial charge in [0.25, 0.3) is 0 Å². The molecule has 0 saturated carbocycles. The Morgan fingerprint density at radius 3 is 2.30 bits per heavy atom. The lowest BCUT2D eigenvalue weighted by molar-refractivity contribution is 0.0691. The van der Waals surface area contributed by atoms with Gasteiger partial charge in [-0.05, 0) is 17.7 Å². The molecule has 3 nitrogen and oxygen atoms in total. The second kappa shape index (κ2) is 5.64. The van der Waals surface area contributed by atoms with Crippen LogP contribution in [0.2, 0.25) is 0 Å². The molecule has 0 heterocycles. The molecule has 0 fully saturated rings. The van der Waals surface area contributed by atoms with Crippen LogP contribution in [-0.2, 0) is 6.61 Å². The highest BCUT2D eigenvalue weighted by molar-refractivity contribution is 5.88. The van der Waals surface area contributed by atoms with Gasteiger partial charge in [0.1, 0.15) is 29.8 Å². The van der Waals surface area contributed by atoms with E-state index in [1.165, 1.54) is 6.07 Å². The zero-order valence-corrected chi connectivity index (χ0v) is 10.1. The first-order valence-corrected chi connectivity index (χ1v) is 5.56. The lowest BCUT2D eigenvalue weighted by Gasteiger charge is -2.07. The van der Waals surface area contributed by atoms with Crippen LogP contribution in [0.3, 0.4) is 0 Å². The van der Waals surface area contributed by atoms with E-state index in [0.29, 0.717) is 11.6 Å². The van der Waals surface area contributed by atoms with Gasteiger partial charge in [-0.15, -0.1) is 0 Å². The van der Waals surface area contributed by atoms with E-state index in [4.69, 9.17) is 9.84 Å². The molecule has 0 aliphatic heterocycles. The topological polar surface area (TPSA) is 46.5 Å².